The number of halogens is 1. The van der Waals surface area contributed by atoms with E-state index in [0.29, 0.717) is 24.0 Å². The van der Waals surface area contributed by atoms with Crippen LogP contribution in [-0.4, -0.2) is 40.5 Å². The number of methoxy groups -OCH3 is 1. The van der Waals surface area contributed by atoms with Crippen LogP contribution in [0.3, 0.4) is 0 Å². The second-order valence-electron chi connectivity index (χ2n) is 3.63. The highest BCUT2D eigenvalue weighted by Crippen LogP contribution is 2.19. The van der Waals surface area contributed by atoms with Crippen LogP contribution in [0.25, 0.3) is 5.69 Å². The van der Waals surface area contributed by atoms with Crippen molar-refractivity contribution < 1.29 is 4.74 Å². The van der Waals surface area contributed by atoms with E-state index in [1.54, 1.807) is 17.9 Å². The number of para-hydroxylation sites is 1. The number of aromatic nitrogens is 4. The van der Waals surface area contributed by atoms with E-state index in [4.69, 9.17) is 16.3 Å². The van der Waals surface area contributed by atoms with E-state index in [2.05, 4.69) is 20.8 Å². The van der Waals surface area contributed by atoms with Crippen LogP contribution in [0, 0.1) is 0 Å². The summed E-state index contributed by atoms with van der Waals surface area (Å²) in [5.74, 6) is 0.708. The summed E-state index contributed by atoms with van der Waals surface area (Å²) in [5, 5.41) is 15.4. The molecule has 1 aromatic heterocycles. The zero-order chi connectivity index (χ0) is 12.8. The minimum absolute atomic E-state index is 0.557. The molecule has 0 unspecified atom stereocenters. The first-order chi connectivity index (χ1) is 8.83. The van der Waals surface area contributed by atoms with Gasteiger partial charge in [0.05, 0.1) is 23.9 Å². The van der Waals surface area contributed by atoms with E-state index < -0.39 is 0 Å². The molecule has 0 fully saturated rings. The van der Waals surface area contributed by atoms with Gasteiger partial charge in [0, 0.05) is 13.7 Å². The van der Waals surface area contributed by atoms with Crippen molar-refractivity contribution >= 4 is 11.6 Å². The van der Waals surface area contributed by atoms with Crippen LogP contribution in [-0.2, 0) is 11.3 Å². The van der Waals surface area contributed by atoms with Gasteiger partial charge in [-0.2, -0.15) is 4.68 Å². The van der Waals surface area contributed by atoms with Crippen LogP contribution < -0.4 is 5.32 Å². The zero-order valence-corrected chi connectivity index (χ0v) is 10.8. The molecular formula is C11H14ClN5O. The second kappa shape index (κ2) is 6.44. The summed E-state index contributed by atoms with van der Waals surface area (Å²) in [5.41, 5.74) is 0.771. The van der Waals surface area contributed by atoms with E-state index in [9.17, 15) is 0 Å². The third kappa shape index (κ3) is 3.04. The van der Waals surface area contributed by atoms with Crippen molar-refractivity contribution in [2.45, 2.75) is 6.54 Å². The maximum absolute atomic E-state index is 6.11. The third-order valence-corrected chi connectivity index (χ3v) is 2.70. The fourth-order valence-corrected chi connectivity index (χ4v) is 1.72. The standard InChI is InChI=1S/C11H14ClN5O/c1-18-7-6-13-8-11-14-15-16-17(11)10-5-3-2-4-9(10)12/h2-5,13H,6-8H2,1H3. The Balaban J connectivity index is 2.10. The molecule has 0 aliphatic rings. The van der Waals surface area contributed by atoms with Gasteiger partial charge in [0.1, 0.15) is 0 Å². The Hall–Kier alpha value is -1.50. The molecule has 0 aliphatic heterocycles. The predicted octanol–water partition coefficient (Wildman–Crippen LogP) is 1.05. The highest BCUT2D eigenvalue weighted by atomic mass is 35.5. The van der Waals surface area contributed by atoms with Gasteiger partial charge in [0.15, 0.2) is 5.82 Å². The number of benzene rings is 1. The molecule has 0 amide bonds. The molecule has 0 bridgehead atoms. The Bertz CT molecular complexity index is 502. The molecule has 1 N–H and O–H groups in total. The van der Waals surface area contributed by atoms with Crippen LogP contribution in [0.2, 0.25) is 5.02 Å². The number of ether oxygens (including phenoxy) is 1. The molecule has 0 saturated heterocycles. The highest BCUT2D eigenvalue weighted by molar-refractivity contribution is 6.32. The molecule has 6 nitrogen and oxygen atoms in total. The minimum Gasteiger partial charge on any atom is -0.383 e. The third-order valence-electron chi connectivity index (χ3n) is 2.38. The lowest BCUT2D eigenvalue weighted by Crippen LogP contribution is -2.21. The highest BCUT2D eigenvalue weighted by Gasteiger charge is 2.10. The van der Waals surface area contributed by atoms with Gasteiger partial charge in [-0.15, -0.1) is 5.10 Å². The zero-order valence-electron chi connectivity index (χ0n) is 10.0. The molecule has 1 heterocycles. The fourth-order valence-electron chi connectivity index (χ4n) is 1.50. The minimum atomic E-state index is 0.557. The molecule has 18 heavy (non-hydrogen) atoms. The maximum atomic E-state index is 6.11. The Morgan fingerprint density at radius 1 is 1.39 bits per heavy atom. The maximum Gasteiger partial charge on any atom is 0.170 e. The van der Waals surface area contributed by atoms with Crippen LogP contribution in [0.1, 0.15) is 5.82 Å². The molecule has 0 spiro atoms. The first-order valence-corrected chi connectivity index (χ1v) is 5.92. The molecule has 0 aliphatic carbocycles. The van der Waals surface area contributed by atoms with Gasteiger partial charge in [0.2, 0.25) is 0 Å². The Kier molecular flexibility index (Phi) is 4.63. The largest absolute Gasteiger partial charge is 0.383 e. The molecule has 2 rings (SSSR count). The van der Waals surface area contributed by atoms with Crippen molar-refractivity contribution in [2.75, 3.05) is 20.3 Å². The van der Waals surface area contributed by atoms with Crippen molar-refractivity contribution in [2.24, 2.45) is 0 Å². The van der Waals surface area contributed by atoms with E-state index >= 15 is 0 Å². The lowest BCUT2D eigenvalue weighted by atomic mass is 10.3. The first kappa shape index (κ1) is 12.9. The summed E-state index contributed by atoms with van der Waals surface area (Å²) in [6.45, 7) is 1.95. The molecular weight excluding hydrogens is 254 g/mol. The summed E-state index contributed by atoms with van der Waals surface area (Å²) in [6, 6.07) is 7.44. The summed E-state index contributed by atoms with van der Waals surface area (Å²) >= 11 is 6.11. The monoisotopic (exact) mass is 267 g/mol. The van der Waals surface area contributed by atoms with E-state index in [0.717, 1.165) is 12.2 Å². The number of hydrogen-bond donors (Lipinski definition) is 1. The second-order valence-corrected chi connectivity index (χ2v) is 4.04. The van der Waals surface area contributed by atoms with Gasteiger partial charge in [-0.1, -0.05) is 23.7 Å². The molecule has 2 aromatic rings. The van der Waals surface area contributed by atoms with Crippen molar-refractivity contribution in [3.8, 4) is 5.69 Å². The van der Waals surface area contributed by atoms with E-state index in [-0.39, 0.29) is 0 Å². The fraction of sp³-hybridized carbons (Fsp3) is 0.364. The van der Waals surface area contributed by atoms with Gasteiger partial charge < -0.3 is 10.1 Å². The Labute approximate surface area is 110 Å². The SMILES string of the molecule is COCCNCc1nnnn1-c1ccccc1Cl. The summed E-state index contributed by atoms with van der Waals surface area (Å²) in [4.78, 5) is 0. The molecule has 96 valence electrons. The lowest BCUT2D eigenvalue weighted by molar-refractivity contribution is 0.199. The van der Waals surface area contributed by atoms with Crippen LogP contribution in [0.15, 0.2) is 24.3 Å². The molecule has 0 radical (unpaired) electrons. The number of rotatable bonds is 6. The Morgan fingerprint density at radius 2 is 2.22 bits per heavy atom. The summed E-state index contributed by atoms with van der Waals surface area (Å²) in [7, 11) is 1.66. The normalized spacial score (nSPS) is 10.8. The number of nitrogens with zero attached hydrogens (tertiary/aromatic N) is 4. The van der Waals surface area contributed by atoms with Crippen molar-refractivity contribution in [3.05, 3.63) is 35.1 Å². The Morgan fingerprint density at radius 3 is 3.00 bits per heavy atom. The van der Waals surface area contributed by atoms with Gasteiger partial charge in [-0.25, -0.2) is 0 Å². The number of hydrogen-bond acceptors (Lipinski definition) is 5. The number of nitrogens with one attached hydrogen (secondary N) is 1. The van der Waals surface area contributed by atoms with Crippen LogP contribution in [0.5, 0.6) is 0 Å². The summed E-state index contributed by atoms with van der Waals surface area (Å²) < 4.78 is 6.58. The van der Waals surface area contributed by atoms with Crippen molar-refractivity contribution in [3.63, 3.8) is 0 Å². The van der Waals surface area contributed by atoms with Crippen molar-refractivity contribution in [1.29, 1.82) is 0 Å². The first-order valence-electron chi connectivity index (χ1n) is 5.54. The molecule has 7 heteroatoms. The van der Waals surface area contributed by atoms with Gasteiger partial charge >= 0.3 is 0 Å². The van der Waals surface area contributed by atoms with Gasteiger partial charge in [0.25, 0.3) is 0 Å². The predicted molar refractivity (Wildman–Crippen MR) is 67.7 cm³/mol. The molecule has 0 atom stereocenters. The van der Waals surface area contributed by atoms with E-state index in [1.165, 1.54) is 0 Å². The number of tetrazole rings is 1. The van der Waals surface area contributed by atoms with Crippen LogP contribution >= 0.6 is 11.6 Å². The van der Waals surface area contributed by atoms with Crippen LogP contribution in [0.4, 0.5) is 0 Å². The van der Waals surface area contributed by atoms with Gasteiger partial charge in [-0.3, -0.25) is 0 Å². The quantitative estimate of drug-likeness (QED) is 0.793. The summed E-state index contributed by atoms with van der Waals surface area (Å²) in [6.07, 6.45) is 0. The topological polar surface area (TPSA) is 64.9 Å². The van der Waals surface area contributed by atoms with E-state index in [1.807, 2.05) is 18.2 Å². The smallest absolute Gasteiger partial charge is 0.170 e. The average molecular weight is 268 g/mol. The lowest BCUT2D eigenvalue weighted by Gasteiger charge is -2.07. The van der Waals surface area contributed by atoms with Gasteiger partial charge in [-0.05, 0) is 22.6 Å². The molecule has 0 saturated carbocycles. The molecule has 1 aromatic carbocycles. The van der Waals surface area contributed by atoms with Crippen molar-refractivity contribution in [1.82, 2.24) is 25.5 Å². The average Bonchev–Trinajstić information content (AvgIpc) is 2.83.